The number of benzene rings is 1. The lowest BCUT2D eigenvalue weighted by molar-refractivity contribution is -0.127. The van der Waals surface area contributed by atoms with Gasteiger partial charge in [-0.1, -0.05) is 13.0 Å². The van der Waals surface area contributed by atoms with Crippen LogP contribution >= 0.6 is 0 Å². The molecule has 2 N–H and O–H groups in total. The second-order valence-corrected chi connectivity index (χ2v) is 7.01. The molecule has 0 aromatic heterocycles. The summed E-state index contributed by atoms with van der Waals surface area (Å²) >= 11 is 0. The van der Waals surface area contributed by atoms with E-state index in [1.54, 1.807) is 6.07 Å². The predicted molar refractivity (Wildman–Crippen MR) is 88.3 cm³/mol. The Bertz CT molecular complexity index is 584. The summed E-state index contributed by atoms with van der Waals surface area (Å²) < 4.78 is 26.2. The molecule has 2 aliphatic rings. The molecule has 1 aromatic rings. The maximum Gasteiger partial charge on any atom is 0.223 e. The van der Waals surface area contributed by atoms with E-state index in [9.17, 15) is 13.6 Å². The number of likely N-dealkylation sites (tertiary alicyclic amines) is 1. The number of carbonyl (C=O) groups is 1. The van der Waals surface area contributed by atoms with Crippen molar-refractivity contribution in [2.24, 2.45) is 11.8 Å². The number of halogens is 2. The third-order valence-electron chi connectivity index (χ3n) is 5.26. The van der Waals surface area contributed by atoms with Crippen molar-refractivity contribution in [3.05, 3.63) is 35.4 Å². The monoisotopic (exact) mass is 337 g/mol. The van der Waals surface area contributed by atoms with Gasteiger partial charge in [-0.05, 0) is 49.5 Å². The van der Waals surface area contributed by atoms with Gasteiger partial charge in [-0.3, -0.25) is 9.69 Å². The number of amides is 1. The van der Waals surface area contributed by atoms with Crippen LogP contribution in [0.15, 0.2) is 18.2 Å². The van der Waals surface area contributed by atoms with E-state index >= 15 is 0 Å². The second-order valence-electron chi connectivity index (χ2n) is 7.01. The molecule has 0 radical (unpaired) electrons. The van der Waals surface area contributed by atoms with E-state index in [1.807, 2.05) is 6.92 Å². The van der Waals surface area contributed by atoms with Gasteiger partial charge in [0.1, 0.15) is 0 Å². The molecule has 1 atom stereocenters. The molecule has 2 heterocycles. The van der Waals surface area contributed by atoms with Crippen LogP contribution in [0.4, 0.5) is 8.78 Å². The van der Waals surface area contributed by atoms with Gasteiger partial charge in [-0.15, -0.1) is 0 Å². The van der Waals surface area contributed by atoms with Crippen LogP contribution in [0.5, 0.6) is 0 Å². The Morgan fingerprint density at radius 2 is 2.00 bits per heavy atom. The number of rotatable bonds is 5. The molecule has 0 aliphatic carbocycles. The normalized spacial score (nSPS) is 21.3. The van der Waals surface area contributed by atoms with Crippen LogP contribution in [0, 0.1) is 23.5 Å². The van der Waals surface area contributed by atoms with Crippen molar-refractivity contribution < 1.29 is 13.6 Å². The molecule has 1 aromatic carbocycles. The van der Waals surface area contributed by atoms with Crippen molar-refractivity contribution in [1.82, 2.24) is 15.5 Å². The van der Waals surface area contributed by atoms with Crippen molar-refractivity contribution in [1.29, 1.82) is 0 Å². The molecule has 4 nitrogen and oxygen atoms in total. The highest BCUT2D eigenvalue weighted by Crippen LogP contribution is 2.19. The number of nitrogens with zero attached hydrogens (tertiary/aromatic N) is 1. The molecule has 0 bridgehead atoms. The molecule has 2 fully saturated rings. The molecule has 1 unspecified atom stereocenters. The largest absolute Gasteiger partial charge is 0.353 e. The Balaban J connectivity index is 1.43. The van der Waals surface area contributed by atoms with E-state index in [-0.39, 0.29) is 17.9 Å². The van der Waals surface area contributed by atoms with Crippen molar-refractivity contribution in [2.75, 3.05) is 26.2 Å². The molecular formula is C18H25F2N3O. The van der Waals surface area contributed by atoms with Crippen LogP contribution in [0.3, 0.4) is 0 Å². The minimum absolute atomic E-state index is 0.0615. The van der Waals surface area contributed by atoms with E-state index in [4.69, 9.17) is 0 Å². The van der Waals surface area contributed by atoms with Crippen molar-refractivity contribution in [3.8, 4) is 0 Å². The Labute approximate surface area is 141 Å². The fourth-order valence-electron chi connectivity index (χ4n) is 3.34. The highest BCUT2D eigenvalue weighted by atomic mass is 19.2. The molecule has 1 amide bonds. The highest BCUT2D eigenvalue weighted by molar-refractivity contribution is 5.79. The molecule has 0 saturated carbocycles. The lowest BCUT2D eigenvalue weighted by Crippen LogP contribution is -2.52. The lowest BCUT2D eigenvalue weighted by Gasteiger charge is -2.35. The Kier molecular flexibility index (Phi) is 5.46. The summed E-state index contributed by atoms with van der Waals surface area (Å²) in [5.74, 6) is -0.935. The Morgan fingerprint density at radius 3 is 2.58 bits per heavy atom. The van der Waals surface area contributed by atoms with Gasteiger partial charge in [0.25, 0.3) is 0 Å². The highest BCUT2D eigenvalue weighted by Gasteiger charge is 2.30. The van der Waals surface area contributed by atoms with Crippen molar-refractivity contribution >= 4 is 5.91 Å². The molecule has 2 saturated heterocycles. The number of hydrogen-bond donors (Lipinski definition) is 2. The SMILES string of the molecule is CC(C(=O)NC1CCN(Cc2ccc(F)c(F)c2)CC1)C1CNC1. The fraction of sp³-hybridized carbons (Fsp3) is 0.611. The van der Waals surface area contributed by atoms with Gasteiger partial charge in [0.2, 0.25) is 5.91 Å². The summed E-state index contributed by atoms with van der Waals surface area (Å²) in [6.07, 6.45) is 1.79. The van der Waals surface area contributed by atoms with Gasteiger partial charge < -0.3 is 10.6 Å². The minimum Gasteiger partial charge on any atom is -0.353 e. The summed E-state index contributed by atoms with van der Waals surface area (Å²) in [4.78, 5) is 14.5. The van der Waals surface area contributed by atoms with Crippen LogP contribution in [-0.2, 0) is 11.3 Å². The zero-order valence-corrected chi connectivity index (χ0v) is 14.0. The molecule has 0 spiro atoms. The average molecular weight is 337 g/mol. The summed E-state index contributed by atoms with van der Waals surface area (Å²) in [7, 11) is 0. The third kappa shape index (κ3) is 4.11. The maximum absolute atomic E-state index is 13.3. The van der Waals surface area contributed by atoms with Gasteiger partial charge in [0.15, 0.2) is 11.6 Å². The molecule has 3 rings (SSSR count). The summed E-state index contributed by atoms with van der Waals surface area (Å²) in [6, 6.07) is 4.28. The Hall–Kier alpha value is -1.53. The number of carbonyl (C=O) groups excluding carboxylic acids is 1. The maximum atomic E-state index is 13.3. The van der Waals surface area contributed by atoms with Gasteiger partial charge >= 0.3 is 0 Å². The van der Waals surface area contributed by atoms with E-state index < -0.39 is 11.6 Å². The lowest BCUT2D eigenvalue weighted by atomic mass is 9.88. The first-order chi connectivity index (χ1) is 11.5. The van der Waals surface area contributed by atoms with Crippen molar-refractivity contribution in [3.63, 3.8) is 0 Å². The van der Waals surface area contributed by atoms with Crippen molar-refractivity contribution in [2.45, 2.75) is 32.4 Å². The zero-order chi connectivity index (χ0) is 17.1. The smallest absolute Gasteiger partial charge is 0.223 e. The third-order valence-corrected chi connectivity index (χ3v) is 5.26. The summed E-state index contributed by atoms with van der Waals surface area (Å²) in [5, 5.41) is 6.37. The topological polar surface area (TPSA) is 44.4 Å². The minimum atomic E-state index is -0.809. The first kappa shape index (κ1) is 17.3. The van der Waals surface area contributed by atoms with Crippen LogP contribution in [0.25, 0.3) is 0 Å². The molecule has 24 heavy (non-hydrogen) atoms. The van der Waals surface area contributed by atoms with Crippen LogP contribution in [0.2, 0.25) is 0 Å². The van der Waals surface area contributed by atoms with Gasteiger partial charge in [0, 0.05) is 31.6 Å². The predicted octanol–water partition coefficient (Wildman–Crippen LogP) is 1.90. The summed E-state index contributed by atoms with van der Waals surface area (Å²) in [5.41, 5.74) is 0.780. The molecule has 6 heteroatoms. The van der Waals surface area contributed by atoms with Gasteiger partial charge in [-0.25, -0.2) is 8.78 Å². The Morgan fingerprint density at radius 1 is 1.29 bits per heavy atom. The number of piperidine rings is 1. The number of hydrogen-bond acceptors (Lipinski definition) is 3. The average Bonchev–Trinajstić information content (AvgIpc) is 2.51. The number of nitrogens with one attached hydrogen (secondary N) is 2. The van der Waals surface area contributed by atoms with Crippen LogP contribution in [0.1, 0.15) is 25.3 Å². The van der Waals surface area contributed by atoms with Crippen LogP contribution < -0.4 is 10.6 Å². The first-order valence-electron chi connectivity index (χ1n) is 8.70. The van der Waals surface area contributed by atoms with E-state index in [0.717, 1.165) is 44.6 Å². The zero-order valence-electron chi connectivity index (χ0n) is 14.0. The quantitative estimate of drug-likeness (QED) is 0.863. The van der Waals surface area contributed by atoms with Gasteiger partial charge in [-0.2, -0.15) is 0 Å². The van der Waals surface area contributed by atoms with E-state index in [1.165, 1.54) is 12.1 Å². The molecule has 132 valence electrons. The summed E-state index contributed by atoms with van der Waals surface area (Å²) in [6.45, 7) is 6.18. The molecule has 2 aliphatic heterocycles. The second kappa shape index (κ2) is 7.57. The van der Waals surface area contributed by atoms with E-state index in [0.29, 0.717) is 12.5 Å². The fourth-order valence-corrected chi connectivity index (χ4v) is 3.34. The van der Waals surface area contributed by atoms with Gasteiger partial charge in [0.05, 0.1) is 0 Å². The van der Waals surface area contributed by atoms with E-state index in [2.05, 4.69) is 15.5 Å². The molecular weight excluding hydrogens is 312 g/mol. The standard InChI is InChI=1S/C18H25F2N3O/c1-12(14-9-21-10-14)18(24)22-15-4-6-23(7-5-15)11-13-2-3-16(19)17(20)8-13/h2-3,8,12,14-15,21H,4-7,9-11H2,1H3,(H,22,24). The first-order valence-corrected chi connectivity index (χ1v) is 8.70. The van der Waals surface area contributed by atoms with Crippen LogP contribution in [-0.4, -0.2) is 43.0 Å².